The number of ether oxygens (including phenoxy) is 1. The largest absolute Gasteiger partial charge is 0.486 e. The Morgan fingerprint density at radius 3 is 2.50 bits per heavy atom. The average molecular weight is 430 g/mol. The monoisotopic (exact) mass is 429 g/mol. The highest BCUT2D eigenvalue weighted by Gasteiger charge is 2.44. The van der Waals surface area contributed by atoms with Crippen molar-refractivity contribution in [3.63, 3.8) is 0 Å². The van der Waals surface area contributed by atoms with Gasteiger partial charge in [0.15, 0.2) is 0 Å². The van der Waals surface area contributed by atoms with Crippen LogP contribution in [0.15, 0.2) is 55.0 Å². The molecule has 3 aromatic rings. The van der Waals surface area contributed by atoms with Gasteiger partial charge in [0.25, 0.3) is 0 Å². The minimum Gasteiger partial charge on any atom is -0.486 e. The van der Waals surface area contributed by atoms with Crippen molar-refractivity contribution < 1.29 is 9.53 Å². The first-order valence-electron chi connectivity index (χ1n) is 11.4. The Morgan fingerprint density at radius 2 is 1.75 bits per heavy atom. The number of likely N-dealkylation sites (tertiary alicyclic amines) is 2. The van der Waals surface area contributed by atoms with Crippen molar-refractivity contribution in [1.82, 2.24) is 19.8 Å². The molecule has 2 bridgehead atoms. The van der Waals surface area contributed by atoms with Crippen molar-refractivity contribution in [2.75, 3.05) is 31.1 Å². The van der Waals surface area contributed by atoms with Gasteiger partial charge in [0.2, 0.25) is 0 Å². The summed E-state index contributed by atoms with van der Waals surface area (Å²) in [4.78, 5) is 28.3. The van der Waals surface area contributed by atoms with Crippen LogP contribution in [0.2, 0.25) is 0 Å². The van der Waals surface area contributed by atoms with Gasteiger partial charge in [0, 0.05) is 54.5 Å². The molecule has 2 aromatic heterocycles. The second-order valence-electron chi connectivity index (χ2n) is 9.17. The Bertz CT molecular complexity index is 1130. The van der Waals surface area contributed by atoms with Crippen LogP contribution in [0.4, 0.5) is 10.6 Å². The third kappa shape index (κ3) is 3.32. The highest BCUT2D eigenvalue weighted by Crippen LogP contribution is 2.35. The molecule has 3 aliphatic heterocycles. The summed E-state index contributed by atoms with van der Waals surface area (Å²) in [6.07, 6.45) is 7.83. The molecule has 0 N–H and O–H groups in total. The second-order valence-corrected chi connectivity index (χ2v) is 9.17. The molecule has 0 saturated carbocycles. The van der Waals surface area contributed by atoms with Crippen molar-refractivity contribution >= 4 is 22.6 Å². The fourth-order valence-electron chi connectivity index (χ4n) is 5.29. The summed E-state index contributed by atoms with van der Waals surface area (Å²) in [5, 5.41) is 2.12. The third-order valence-corrected chi connectivity index (χ3v) is 6.97. The van der Waals surface area contributed by atoms with E-state index in [2.05, 4.69) is 33.9 Å². The molecule has 0 spiro atoms. The summed E-state index contributed by atoms with van der Waals surface area (Å²) >= 11 is 0. The van der Waals surface area contributed by atoms with Gasteiger partial charge in [-0.1, -0.05) is 18.2 Å². The fourth-order valence-corrected chi connectivity index (χ4v) is 5.29. The maximum absolute atomic E-state index is 13.2. The number of hydrogen-bond acceptors (Lipinski definition) is 5. The van der Waals surface area contributed by atoms with Gasteiger partial charge in [-0.3, -0.25) is 4.98 Å². The number of nitrogens with zero attached hydrogens (tertiary/aromatic N) is 5. The van der Waals surface area contributed by atoms with E-state index in [0.29, 0.717) is 25.2 Å². The lowest BCUT2D eigenvalue weighted by Gasteiger charge is -2.46. The van der Waals surface area contributed by atoms with Crippen molar-refractivity contribution in [3.05, 3.63) is 60.6 Å². The van der Waals surface area contributed by atoms with E-state index in [9.17, 15) is 4.79 Å². The zero-order valence-corrected chi connectivity index (χ0v) is 18.2. The quantitative estimate of drug-likeness (QED) is 0.638. The van der Waals surface area contributed by atoms with Gasteiger partial charge < -0.3 is 19.4 Å². The molecule has 2 unspecified atom stereocenters. The molecule has 7 heteroatoms. The molecule has 7 nitrogen and oxygen atoms in total. The molecule has 3 aliphatic rings. The van der Waals surface area contributed by atoms with Crippen LogP contribution in [0.25, 0.3) is 10.8 Å². The highest BCUT2D eigenvalue weighted by atomic mass is 16.5. The molecule has 32 heavy (non-hydrogen) atoms. The number of amides is 2. The molecular formula is C25H27N5O2. The predicted octanol–water partition coefficient (Wildman–Crippen LogP) is 3.47. The van der Waals surface area contributed by atoms with Crippen LogP contribution in [0.5, 0.6) is 5.75 Å². The summed E-state index contributed by atoms with van der Waals surface area (Å²) in [5.74, 6) is 1.90. The zero-order valence-electron chi connectivity index (χ0n) is 18.2. The van der Waals surface area contributed by atoms with Crippen LogP contribution in [0.1, 0.15) is 18.4 Å². The lowest BCUT2D eigenvalue weighted by molar-refractivity contribution is 0.0293. The molecule has 2 amide bonds. The molecule has 3 fully saturated rings. The van der Waals surface area contributed by atoms with Crippen molar-refractivity contribution in [2.24, 2.45) is 0 Å². The van der Waals surface area contributed by atoms with Crippen LogP contribution in [0.3, 0.4) is 0 Å². The molecule has 6 rings (SSSR count). The maximum atomic E-state index is 13.2. The molecule has 2 atom stereocenters. The van der Waals surface area contributed by atoms with Crippen LogP contribution >= 0.6 is 0 Å². The molecule has 1 aromatic carbocycles. The van der Waals surface area contributed by atoms with Gasteiger partial charge in [-0.15, -0.1) is 0 Å². The lowest BCUT2D eigenvalue weighted by Crippen LogP contribution is -2.63. The summed E-state index contributed by atoms with van der Waals surface area (Å²) in [5.41, 5.74) is 1.17. The topological polar surface area (TPSA) is 61.8 Å². The number of urea groups is 1. The molecule has 3 saturated heterocycles. The van der Waals surface area contributed by atoms with E-state index in [1.165, 1.54) is 5.56 Å². The number of rotatable bonds is 3. The first kappa shape index (κ1) is 19.3. The Hall–Kier alpha value is -3.35. The van der Waals surface area contributed by atoms with Crippen LogP contribution < -0.4 is 9.64 Å². The summed E-state index contributed by atoms with van der Waals surface area (Å²) in [7, 11) is 0. The standard InChI is InChI=1S/C25H27N5O2/c1-17-5-8-24(27-11-17)30-19-6-7-20(30)14-28(13-19)25(31)29-15-21(16-29)32-23-4-2-3-18-12-26-10-9-22(18)23/h2-5,8-12,19-21H,6-7,13-16H2,1H3. The van der Waals surface area contributed by atoms with Gasteiger partial charge in [0.1, 0.15) is 17.7 Å². The van der Waals surface area contributed by atoms with Gasteiger partial charge in [0.05, 0.1) is 13.1 Å². The van der Waals surface area contributed by atoms with E-state index in [-0.39, 0.29) is 12.1 Å². The number of fused-ring (bicyclic) bond motifs is 3. The van der Waals surface area contributed by atoms with Crippen molar-refractivity contribution in [3.8, 4) is 5.75 Å². The maximum Gasteiger partial charge on any atom is 0.320 e. The molecule has 0 radical (unpaired) electrons. The SMILES string of the molecule is Cc1ccc(N2C3CCC2CN(C(=O)N2CC(Oc4cccc5cnccc45)C2)C3)nc1. The van der Waals surface area contributed by atoms with Gasteiger partial charge >= 0.3 is 6.03 Å². The smallest absolute Gasteiger partial charge is 0.320 e. The van der Waals surface area contributed by atoms with Gasteiger partial charge in [-0.25, -0.2) is 9.78 Å². The fraction of sp³-hybridized carbons (Fsp3) is 0.400. The highest BCUT2D eigenvalue weighted by molar-refractivity contribution is 5.87. The summed E-state index contributed by atoms with van der Waals surface area (Å²) in [6.45, 7) is 4.86. The number of benzene rings is 1. The van der Waals surface area contributed by atoms with Gasteiger partial charge in [-0.2, -0.15) is 0 Å². The first-order chi connectivity index (χ1) is 15.7. The second kappa shape index (κ2) is 7.65. The number of carbonyl (C=O) groups is 1. The first-order valence-corrected chi connectivity index (χ1v) is 11.4. The van der Waals surface area contributed by atoms with Crippen molar-refractivity contribution in [1.29, 1.82) is 0 Å². The number of aryl methyl sites for hydroxylation is 1. The normalized spacial score (nSPS) is 22.8. The number of hydrogen-bond donors (Lipinski definition) is 0. The number of carbonyl (C=O) groups excluding carboxylic acids is 1. The van der Waals surface area contributed by atoms with E-state index < -0.39 is 0 Å². The van der Waals surface area contributed by atoms with E-state index in [4.69, 9.17) is 4.74 Å². The number of anilines is 1. The van der Waals surface area contributed by atoms with E-state index in [1.807, 2.05) is 46.5 Å². The van der Waals surface area contributed by atoms with Crippen LogP contribution in [0, 0.1) is 6.92 Å². The van der Waals surface area contributed by atoms with E-state index >= 15 is 0 Å². The minimum absolute atomic E-state index is 0.0347. The molecule has 0 aliphatic carbocycles. The lowest BCUT2D eigenvalue weighted by atomic mass is 10.1. The summed E-state index contributed by atoms with van der Waals surface area (Å²) in [6, 6.07) is 13.1. The Labute approximate surface area is 187 Å². The molecule has 164 valence electrons. The number of pyridine rings is 2. The van der Waals surface area contributed by atoms with Crippen LogP contribution in [-0.2, 0) is 0 Å². The molecule has 5 heterocycles. The van der Waals surface area contributed by atoms with Crippen LogP contribution in [-0.4, -0.2) is 70.2 Å². The average Bonchev–Trinajstić information content (AvgIpc) is 3.05. The number of piperazine rings is 1. The van der Waals surface area contributed by atoms with E-state index in [0.717, 1.165) is 48.3 Å². The predicted molar refractivity (Wildman–Crippen MR) is 123 cm³/mol. The Kier molecular flexibility index (Phi) is 4.63. The van der Waals surface area contributed by atoms with E-state index in [1.54, 1.807) is 6.20 Å². The number of aromatic nitrogens is 2. The Balaban J connectivity index is 1.08. The Morgan fingerprint density at radius 1 is 0.969 bits per heavy atom. The summed E-state index contributed by atoms with van der Waals surface area (Å²) < 4.78 is 6.21. The minimum atomic E-state index is 0.0347. The van der Waals surface area contributed by atoms with Crippen molar-refractivity contribution in [2.45, 2.75) is 38.0 Å². The molecular weight excluding hydrogens is 402 g/mol. The van der Waals surface area contributed by atoms with Gasteiger partial charge in [-0.05, 0) is 43.5 Å². The third-order valence-electron chi connectivity index (χ3n) is 6.97. The zero-order chi connectivity index (χ0) is 21.7.